The van der Waals surface area contributed by atoms with Gasteiger partial charge in [-0.05, 0) is 24.6 Å². The Morgan fingerprint density at radius 2 is 1.97 bits per heavy atom. The average molecular weight is 490 g/mol. The van der Waals surface area contributed by atoms with Gasteiger partial charge < -0.3 is 21.8 Å². The third-order valence-electron chi connectivity index (χ3n) is 5.46. The molecule has 10 nitrogen and oxygen atoms in total. The SMILES string of the molecule is CC(Nc1ncnc(N)c1C#N)c1nc2cccc(Cl)c2c(=O)n1N(CCN)Cc1ccccc1. The van der Waals surface area contributed by atoms with Crippen LogP contribution in [0.2, 0.25) is 5.02 Å². The first kappa shape index (κ1) is 23.9. The molecule has 0 radical (unpaired) electrons. The summed E-state index contributed by atoms with van der Waals surface area (Å²) >= 11 is 6.42. The monoisotopic (exact) mass is 489 g/mol. The number of aromatic nitrogens is 4. The highest BCUT2D eigenvalue weighted by atomic mass is 35.5. The predicted molar refractivity (Wildman–Crippen MR) is 136 cm³/mol. The smallest absolute Gasteiger partial charge is 0.281 e. The van der Waals surface area contributed by atoms with Crippen LogP contribution in [0.5, 0.6) is 0 Å². The molecule has 0 spiro atoms. The molecule has 35 heavy (non-hydrogen) atoms. The fraction of sp³-hybridized carbons (Fsp3) is 0.208. The summed E-state index contributed by atoms with van der Waals surface area (Å²) in [5.74, 6) is 0.699. The Bertz CT molecular complexity index is 1450. The molecule has 11 heteroatoms. The molecule has 0 saturated heterocycles. The molecule has 0 aliphatic carbocycles. The van der Waals surface area contributed by atoms with Crippen molar-refractivity contribution in [2.45, 2.75) is 19.5 Å². The predicted octanol–water partition coefficient (Wildman–Crippen LogP) is 2.56. The summed E-state index contributed by atoms with van der Waals surface area (Å²) < 4.78 is 1.50. The van der Waals surface area contributed by atoms with Crippen molar-refractivity contribution in [1.29, 1.82) is 5.26 Å². The van der Waals surface area contributed by atoms with Crippen LogP contribution in [0.3, 0.4) is 0 Å². The van der Waals surface area contributed by atoms with Crippen LogP contribution in [0, 0.1) is 11.3 Å². The number of nitriles is 1. The topological polar surface area (TPSA) is 152 Å². The fourth-order valence-electron chi connectivity index (χ4n) is 3.83. The molecule has 2 aromatic carbocycles. The molecule has 2 aromatic heterocycles. The van der Waals surface area contributed by atoms with Crippen molar-refractivity contribution >= 4 is 34.1 Å². The van der Waals surface area contributed by atoms with Crippen LogP contribution < -0.4 is 27.4 Å². The third kappa shape index (κ3) is 4.87. The number of fused-ring (bicyclic) bond motifs is 1. The van der Waals surface area contributed by atoms with Gasteiger partial charge in [0.25, 0.3) is 5.56 Å². The summed E-state index contributed by atoms with van der Waals surface area (Å²) in [6.07, 6.45) is 1.27. The summed E-state index contributed by atoms with van der Waals surface area (Å²) in [4.78, 5) is 26.7. The molecular weight excluding hydrogens is 466 g/mol. The number of nitrogens with one attached hydrogen (secondary N) is 1. The number of rotatable bonds is 8. The Balaban J connectivity index is 1.89. The minimum atomic E-state index is -0.552. The van der Waals surface area contributed by atoms with Gasteiger partial charge in [-0.2, -0.15) is 5.26 Å². The third-order valence-corrected chi connectivity index (χ3v) is 5.77. The first-order valence-corrected chi connectivity index (χ1v) is 11.3. The Morgan fingerprint density at radius 3 is 2.69 bits per heavy atom. The molecule has 4 rings (SSSR count). The van der Waals surface area contributed by atoms with Gasteiger partial charge in [0.1, 0.15) is 29.6 Å². The van der Waals surface area contributed by atoms with E-state index in [1.165, 1.54) is 11.0 Å². The van der Waals surface area contributed by atoms with Gasteiger partial charge in [0.2, 0.25) is 0 Å². The number of hydrogen-bond donors (Lipinski definition) is 3. The molecule has 4 aromatic rings. The number of halogens is 1. The van der Waals surface area contributed by atoms with Crippen molar-refractivity contribution in [2.24, 2.45) is 5.73 Å². The fourth-order valence-corrected chi connectivity index (χ4v) is 4.08. The number of hydrogen-bond acceptors (Lipinski definition) is 9. The molecule has 1 atom stereocenters. The molecule has 5 N–H and O–H groups in total. The molecule has 0 aliphatic rings. The van der Waals surface area contributed by atoms with Crippen LogP contribution in [-0.4, -0.2) is 32.7 Å². The lowest BCUT2D eigenvalue weighted by Gasteiger charge is -2.30. The highest BCUT2D eigenvalue weighted by Gasteiger charge is 2.23. The maximum Gasteiger partial charge on any atom is 0.281 e. The van der Waals surface area contributed by atoms with Crippen LogP contribution in [0.15, 0.2) is 59.7 Å². The second-order valence-electron chi connectivity index (χ2n) is 7.84. The zero-order valence-electron chi connectivity index (χ0n) is 19.0. The number of benzene rings is 2. The minimum Gasteiger partial charge on any atom is -0.382 e. The highest BCUT2D eigenvalue weighted by molar-refractivity contribution is 6.35. The van der Waals surface area contributed by atoms with E-state index in [1.807, 2.05) is 48.3 Å². The Kier molecular flexibility index (Phi) is 7.10. The van der Waals surface area contributed by atoms with Gasteiger partial charge in [0, 0.05) is 13.1 Å². The molecule has 0 saturated carbocycles. The van der Waals surface area contributed by atoms with Gasteiger partial charge in [-0.25, -0.2) is 19.6 Å². The maximum atomic E-state index is 13.8. The first-order chi connectivity index (χ1) is 16.9. The normalized spacial score (nSPS) is 11.7. The lowest BCUT2D eigenvalue weighted by atomic mass is 10.2. The number of nitrogens with zero attached hydrogens (tertiary/aromatic N) is 6. The zero-order chi connectivity index (χ0) is 24.9. The van der Waals surface area contributed by atoms with E-state index < -0.39 is 6.04 Å². The summed E-state index contributed by atoms with van der Waals surface area (Å²) in [5.41, 5.74) is 13.0. The Hall–Kier alpha value is -4.20. The number of nitrogen functional groups attached to an aromatic ring is 1. The molecule has 0 fully saturated rings. The lowest BCUT2D eigenvalue weighted by molar-refractivity contribution is 0.523. The van der Waals surface area contributed by atoms with E-state index in [2.05, 4.69) is 15.3 Å². The molecule has 0 amide bonds. The van der Waals surface area contributed by atoms with Gasteiger partial charge in [-0.1, -0.05) is 48.0 Å². The van der Waals surface area contributed by atoms with Crippen LogP contribution in [-0.2, 0) is 6.54 Å². The molecular formula is C24H24ClN9O. The summed E-state index contributed by atoms with van der Waals surface area (Å²) in [6.45, 7) is 2.93. The largest absolute Gasteiger partial charge is 0.382 e. The molecule has 178 valence electrons. The van der Waals surface area contributed by atoms with E-state index in [9.17, 15) is 10.1 Å². The van der Waals surface area contributed by atoms with E-state index in [0.29, 0.717) is 41.4 Å². The minimum absolute atomic E-state index is 0.0571. The van der Waals surface area contributed by atoms with Crippen molar-refractivity contribution < 1.29 is 0 Å². The van der Waals surface area contributed by atoms with Gasteiger partial charge in [0.05, 0.1) is 28.5 Å². The van der Waals surface area contributed by atoms with Crippen LogP contribution in [0.4, 0.5) is 11.6 Å². The average Bonchev–Trinajstić information content (AvgIpc) is 2.84. The van der Waals surface area contributed by atoms with Gasteiger partial charge in [-0.3, -0.25) is 4.79 Å². The maximum absolute atomic E-state index is 13.8. The first-order valence-electron chi connectivity index (χ1n) is 10.9. The Morgan fingerprint density at radius 1 is 1.20 bits per heavy atom. The highest BCUT2D eigenvalue weighted by Crippen LogP contribution is 2.25. The summed E-state index contributed by atoms with van der Waals surface area (Å²) in [7, 11) is 0. The zero-order valence-corrected chi connectivity index (χ0v) is 19.8. The van der Waals surface area contributed by atoms with Crippen molar-refractivity contribution in [3.05, 3.63) is 87.2 Å². The van der Waals surface area contributed by atoms with E-state index in [-0.39, 0.29) is 22.8 Å². The van der Waals surface area contributed by atoms with Crippen LogP contribution in [0.1, 0.15) is 29.9 Å². The molecule has 1 unspecified atom stereocenters. The Labute approximate surface area is 206 Å². The van der Waals surface area contributed by atoms with Gasteiger partial charge in [0.15, 0.2) is 5.82 Å². The number of nitrogens with two attached hydrogens (primary N) is 2. The molecule has 0 bridgehead atoms. The van der Waals surface area contributed by atoms with Gasteiger partial charge >= 0.3 is 0 Å². The second kappa shape index (κ2) is 10.4. The van der Waals surface area contributed by atoms with E-state index >= 15 is 0 Å². The standard InChI is InChI=1S/C24H24ClN9O/c1-15(31-22-17(12-27)21(28)29-14-30-22)23-32-19-9-5-8-18(25)20(19)24(35)34(23)33(11-10-26)13-16-6-3-2-4-7-16/h2-9,14-15H,10-11,13,26H2,1H3,(H3,28,29,30,31). The van der Waals surface area contributed by atoms with Crippen molar-refractivity contribution in [2.75, 3.05) is 29.1 Å². The van der Waals surface area contributed by atoms with Crippen LogP contribution >= 0.6 is 11.6 Å². The van der Waals surface area contributed by atoms with E-state index in [0.717, 1.165) is 5.56 Å². The summed E-state index contributed by atoms with van der Waals surface area (Å²) in [6, 6.07) is 16.3. The molecule has 2 heterocycles. The van der Waals surface area contributed by atoms with Gasteiger partial charge in [-0.15, -0.1) is 0 Å². The second-order valence-corrected chi connectivity index (χ2v) is 8.25. The van der Waals surface area contributed by atoms with Crippen molar-refractivity contribution in [3.63, 3.8) is 0 Å². The van der Waals surface area contributed by atoms with Crippen molar-refractivity contribution in [3.8, 4) is 6.07 Å². The quantitative estimate of drug-likeness (QED) is 0.339. The lowest BCUT2D eigenvalue weighted by Crippen LogP contribution is -2.47. The van der Waals surface area contributed by atoms with E-state index in [4.69, 9.17) is 28.1 Å². The van der Waals surface area contributed by atoms with Crippen molar-refractivity contribution in [1.82, 2.24) is 19.6 Å². The van der Waals surface area contributed by atoms with Crippen LogP contribution in [0.25, 0.3) is 10.9 Å². The number of anilines is 2. The molecule has 0 aliphatic heterocycles. The summed E-state index contributed by atoms with van der Waals surface area (Å²) in [5, 5.41) is 15.1. The van der Waals surface area contributed by atoms with E-state index in [1.54, 1.807) is 18.2 Å².